The van der Waals surface area contributed by atoms with Crippen molar-refractivity contribution in [3.63, 3.8) is 0 Å². The molecule has 0 amide bonds. The van der Waals surface area contributed by atoms with E-state index in [1.165, 1.54) is 6.07 Å². The Hall–Kier alpha value is -2.11. The Balaban J connectivity index is 2.95. The van der Waals surface area contributed by atoms with E-state index >= 15 is 0 Å². The molecule has 0 aliphatic rings. The molecule has 5 nitrogen and oxygen atoms in total. The van der Waals surface area contributed by atoms with E-state index in [0.29, 0.717) is 5.70 Å². The van der Waals surface area contributed by atoms with Crippen molar-refractivity contribution in [3.8, 4) is 5.75 Å². The molecular weight excluding hydrogens is 203 g/mol. The first-order valence-corrected chi connectivity index (χ1v) is 4.03. The van der Waals surface area contributed by atoms with Crippen LogP contribution in [0.5, 0.6) is 5.75 Å². The molecule has 1 N–H and O–H groups in total. The minimum Gasteiger partial charge on any atom is -0.375 e. The summed E-state index contributed by atoms with van der Waals surface area (Å²) in [4.78, 5) is 14.7. The molecule has 15 heavy (non-hydrogen) atoms. The fourth-order valence-corrected chi connectivity index (χ4v) is 0.862. The summed E-state index contributed by atoms with van der Waals surface area (Å²) in [6.07, 6.45) is 0. The molecule has 0 aromatic heterocycles. The molecule has 0 aliphatic carbocycles. The highest BCUT2D eigenvalue weighted by Crippen LogP contribution is 2.26. The standard InChI is InChI=1S/C9H9FN2O3/c1-6(2)11-15-9-4-3-7(10)5-8(9)12(13)14/h3-5,11H,1H2,2H3. The minimum atomic E-state index is -0.724. The molecular formula is C9H9FN2O3. The van der Waals surface area contributed by atoms with Crippen molar-refractivity contribution in [2.45, 2.75) is 6.92 Å². The summed E-state index contributed by atoms with van der Waals surface area (Å²) in [6, 6.07) is 3.03. The van der Waals surface area contributed by atoms with E-state index in [1.54, 1.807) is 6.92 Å². The first-order chi connectivity index (χ1) is 7.00. The quantitative estimate of drug-likeness (QED) is 0.613. The van der Waals surface area contributed by atoms with Gasteiger partial charge in [-0.05, 0) is 19.1 Å². The van der Waals surface area contributed by atoms with Gasteiger partial charge in [-0.1, -0.05) is 6.58 Å². The Kier molecular flexibility index (Phi) is 3.22. The maximum absolute atomic E-state index is 12.7. The van der Waals surface area contributed by atoms with Crippen LogP contribution < -0.4 is 10.3 Å². The summed E-state index contributed by atoms with van der Waals surface area (Å²) in [5.41, 5.74) is 2.39. The predicted molar refractivity (Wildman–Crippen MR) is 51.6 cm³/mol. The lowest BCUT2D eigenvalue weighted by Gasteiger charge is -2.07. The van der Waals surface area contributed by atoms with Crippen molar-refractivity contribution < 1.29 is 14.2 Å². The van der Waals surface area contributed by atoms with Crippen molar-refractivity contribution in [1.29, 1.82) is 0 Å². The van der Waals surface area contributed by atoms with Crippen molar-refractivity contribution in [2.75, 3.05) is 0 Å². The van der Waals surface area contributed by atoms with Gasteiger partial charge in [0.25, 0.3) is 0 Å². The van der Waals surface area contributed by atoms with Crippen molar-refractivity contribution >= 4 is 5.69 Å². The van der Waals surface area contributed by atoms with E-state index in [1.807, 2.05) is 0 Å². The fourth-order valence-electron chi connectivity index (χ4n) is 0.862. The Morgan fingerprint density at radius 3 is 2.87 bits per heavy atom. The zero-order valence-electron chi connectivity index (χ0n) is 7.99. The number of hydroxylamine groups is 1. The summed E-state index contributed by atoms with van der Waals surface area (Å²) in [5.74, 6) is -0.756. The number of rotatable bonds is 4. The predicted octanol–water partition coefficient (Wildman–Crippen LogP) is 2.15. The van der Waals surface area contributed by atoms with Crippen LogP contribution in [-0.4, -0.2) is 4.92 Å². The van der Waals surface area contributed by atoms with Crippen LogP contribution in [0.1, 0.15) is 6.92 Å². The van der Waals surface area contributed by atoms with E-state index in [4.69, 9.17) is 4.84 Å². The first-order valence-electron chi connectivity index (χ1n) is 4.03. The smallest absolute Gasteiger partial charge is 0.317 e. The van der Waals surface area contributed by atoms with Crippen LogP contribution in [0.4, 0.5) is 10.1 Å². The maximum Gasteiger partial charge on any atom is 0.317 e. The molecule has 0 aliphatic heterocycles. The van der Waals surface area contributed by atoms with Crippen LogP contribution in [0.25, 0.3) is 0 Å². The number of nitrogens with zero attached hydrogens (tertiary/aromatic N) is 1. The third-order valence-corrected chi connectivity index (χ3v) is 1.45. The Bertz CT molecular complexity index is 406. The summed E-state index contributed by atoms with van der Waals surface area (Å²) >= 11 is 0. The van der Waals surface area contributed by atoms with E-state index in [2.05, 4.69) is 12.1 Å². The lowest BCUT2D eigenvalue weighted by Crippen LogP contribution is -2.15. The van der Waals surface area contributed by atoms with Crippen LogP contribution in [0.2, 0.25) is 0 Å². The van der Waals surface area contributed by atoms with Crippen molar-refractivity contribution in [3.05, 3.63) is 46.4 Å². The largest absolute Gasteiger partial charge is 0.375 e. The van der Waals surface area contributed by atoms with Crippen LogP contribution in [0, 0.1) is 15.9 Å². The van der Waals surface area contributed by atoms with Crippen LogP contribution in [-0.2, 0) is 0 Å². The number of nitro benzene ring substituents is 1. The molecule has 0 spiro atoms. The molecule has 0 atom stereocenters. The highest BCUT2D eigenvalue weighted by atomic mass is 19.1. The summed E-state index contributed by atoms with van der Waals surface area (Å²) in [5, 5.41) is 10.5. The third-order valence-electron chi connectivity index (χ3n) is 1.45. The lowest BCUT2D eigenvalue weighted by atomic mass is 10.3. The molecule has 0 bridgehead atoms. The van der Waals surface area contributed by atoms with E-state index < -0.39 is 16.4 Å². The van der Waals surface area contributed by atoms with E-state index in [-0.39, 0.29) is 5.75 Å². The highest BCUT2D eigenvalue weighted by Gasteiger charge is 2.16. The SMILES string of the molecule is C=C(C)NOc1ccc(F)cc1[N+](=O)[O-]. The fraction of sp³-hybridized carbons (Fsp3) is 0.111. The van der Waals surface area contributed by atoms with Crippen LogP contribution >= 0.6 is 0 Å². The second kappa shape index (κ2) is 4.41. The minimum absolute atomic E-state index is 0.0654. The summed E-state index contributed by atoms with van der Waals surface area (Å²) in [6.45, 7) is 5.10. The second-order valence-electron chi connectivity index (χ2n) is 2.85. The Morgan fingerprint density at radius 2 is 2.33 bits per heavy atom. The van der Waals surface area contributed by atoms with Crippen molar-refractivity contribution in [2.24, 2.45) is 0 Å². The zero-order valence-corrected chi connectivity index (χ0v) is 7.99. The first kappa shape index (κ1) is 11.0. The number of nitrogens with one attached hydrogen (secondary N) is 1. The molecule has 0 saturated carbocycles. The summed E-state index contributed by atoms with van der Waals surface area (Å²) in [7, 11) is 0. The van der Waals surface area contributed by atoms with Crippen LogP contribution in [0.15, 0.2) is 30.5 Å². The molecule has 0 saturated heterocycles. The van der Waals surface area contributed by atoms with E-state index in [0.717, 1.165) is 12.1 Å². The second-order valence-corrected chi connectivity index (χ2v) is 2.85. The lowest BCUT2D eigenvalue weighted by molar-refractivity contribution is -0.386. The molecule has 80 valence electrons. The maximum atomic E-state index is 12.7. The van der Waals surface area contributed by atoms with Gasteiger partial charge >= 0.3 is 5.69 Å². The Labute approximate surface area is 85.3 Å². The van der Waals surface area contributed by atoms with Gasteiger partial charge in [-0.3, -0.25) is 10.1 Å². The Morgan fingerprint density at radius 1 is 1.67 bits per heavy atom. The average molecular weight is 212 g/mol. The van der Waals surface area contributed by atoms with Gasteiger partial charge in [-0.2, -0.15) is 0 Å². The van der Waals surface area contributed by atoms with Gasteiger partial charge in [0.05, 0.1) is 11.0 Å². The van der Waals surface area contributed by atoms with Gasteiger partial charge < -0.3 is 4.84 Å². The van der Waals surface area contributed by atoms with Gasteiger partial charge in [-0.25, -0.2) is 9.87 Å². The van der Waals surface area contributed by atoms with Crippen molar-refractivity contribution in [1.82, 2.24) is 5.48 Å². The zero-order chi connectivity index (χ0) is 11.4. The number of benzene rings is 1. The number of halogens is 1. The molecule has 1 rings (SSSR count). The number of allylic oxidation sites excluding steroid dienone is 1. The molecule has 1 aromatic rings. The normalized spacial score (nSPS) is 9.47. The van der Waals surface area contributed by atoms with Gasteiger partial charge in [-0.15, -0.1) is 0 Å². The molecule has 0 fully saturated rings. The molecule has 0 unspecified atom stereocenters. The highest BCUT2D eigenvalue weighted by molar-refractivity contribution is 5.46. The third kappa shape index (κ3) is 2.94. The van der Waals surface area contributed by atoms with Crippen LogP contribution in [0.3, 0.4) is 0 Å². The number of nitro groups is 1. The topological polar surface area (TPSA) is 64.4 Å². The molecule has 0 heterocycles. The molecule has 6 heteroatoms. The van der Waals surface area contributed by atoms with Gasteiger partial charge in [0.2, 0.25) is 5.75 Å². The van der Waals surface area contributed by atoms with Gasteiger partial charge in [0.1, 0.15) is 5.82 Å². The van der Waals surface area contributed by atoms with E-state index in [9.17, 15) is 14.5 Å². The van der Waals surface area contributed by atoms with Gasteiger partial charge in [0.15, 0.2) is 0 Å². The number of hydrogen-bond donors (Lipinski definition) is 1. The average Bonchev–Trinajstić information content (AvgIpc) is 2.15. The molecule has 0 radical (unpaired) electrons. The van der Waals surface area contributed by atoms with Gasteiger partial charge in [0, 0.05) is 5.70 Å². The molecule has 1 aromatic carbocycles. The monoisotopic (exact) mass is 212 g/mol. The summed E-state index contributed by atoms with van der Waals surface area (Å²) < 4.78 is 12.7. The number of hydrogen-bond acceptors (Lipinski definition) is 4.